The first kappa shape index (κ1) is 23.3. The third-order valence-electron chi connectivity index (χ3n) is 4.96. The highest BCUT2D eigenvalue weighted by atomic mass is 16.5. The number of rotatable bonds is 11. The lowest BCUT2D eigenvalue weighted by molar-refractivity contribution is -0.140. The number of carbonyl (C=O) groups is 2. The molecule has 2 aromatic carbocycles. The van der Waals surface area contributed by atoms with Crippen molar-refractivity contribution in [3.8, 4) is 11.5 Å². The van der Waals surface area contributed by atoms with Gasteiger partial charge >= 0.3 is 0 Å². The summed E-state index contributed by atoms with van der Waals surface area (Å²) < 4.78 is 10.4. The van der Waals surface area contributed by atoms with Crippen LogP contribution in [-0.2, 0) is 22.6 Å². The van der Waals surface area contributed by atoms with Gasteiger partial charge in [0.15, 0.2) is 0 Å². The van der Waals surface area contributed by atoms with Crippen molar-refractivity contribution in [3.05, 3.63) is 59.7 Å². The molecule has 0 spiro atoms. The van der Waals surface area contributed by atoms with Crippen molar-refractivity contribution >= 4 is 11.8 Å². The van der Waals surface area contributed by atoms with Crippen LogP contribution in [0, 0.1) is 0 Å². The normalized spacial score (nSPS) is 11.5. The molecule has 1 N–H and O–H groups in total. The van der Waals surface area contributed by atoms with Crippen molar-refractivity contribution in [1.29, 1.82) is 0 Å². The Balaban J connectivity index is 2.24. The van der Waals surface area contributed by atoms with Crippen LogP contribution in [0.2, 0.25) is 0 Å². The van der Waals surface area contributed by atoms with Gasteiger partial charge in [0.05, 0.1) is 20.6 Å². The second-order valence-electron chi connectivity index (χ2n) is 7.11. The molecule has 2 rings (SSSR count). The fourth-order valence-corrected chi connectivity index (χ4v) is 3.23. The van der Waals surface area contributed by atoms with Crippen molar-refractivity contribution in [2.24, 2.45) is 0 Å². The lowest BCUT2D eigenvalue weighted by Gasteiger charge is -2.31. The van der Waals surface area contributed by atoms with Crippen LogP contribution in [0.25, 0.3) is 0 Å². The summed E-state index contributed by atoms with van der Waals surface area (Å²) in [4.78, 5) is 27.7. The highest BCUT2D eigenvalue weighted by Gasteiger charge is 2.28. The first-order chi connectivity index (χ1) is 14.5. The fraction of sp³-hybridized carbons (Fsp3) is 0.417. The maximum atomic E-state index is 13.3. The predicted octanol–water partition coefficient (Wildman–Crippen LogP) is 3.58. The maximum absolute atomic E-state index is 13.3. The Morgan fingerprint density at radius 1 is 0.900 bits per heavy atom. The number of methoxy groups -OCH3 is 2. The summed E-state index contributed by atoms with van der Waals surface area (Å²) >= 11 is 0. The molecule has 6 nitrogen and oxygen atoms in total. The van der Waals surface area contributed by atoms with Gasteiger partial charge in [-0.1, -0.05) is 38.1 Å². The lowest BCUT2D eigenvalue weighted by atomic mass is 10.1. The Morgan fingerprint density at radius 2 is 1.43 bits per heavy atom. The molecular formula is C24H32N2O4. The van der Waals surface area contributed by atoms with Crippen molar-refractivity contribution in [2.75, 3.05) is 20.8 Å². The number of nitrogens with zero attached hydrogens (tertiary/aromatic N) is 1. The van der Waals surface area contributed by atoms with Crippen LogP contribution < -0.4 is 14.8 Å². The Labute approximate surface area is 179 Å². The topological polar surface area (TPSA) is 67.9 Å². The Morgan fingerprint density at radius 3 is 1.90 bits per heavy atom. The molecule has 2 amide bonds. The zero-order valence-corrected chi connectivity index (χ0v) is 18.3. The van der Waals surface area contributed by atoms with Crippen LogP contribution in [-0.4, -0.2) is 43.5 Å². The molecule has 1 unspecified atom stereocenters. The average Bonchev–Trinajstić information content (AvgIpc) is 2.78. The van der Waals surface area contributed by atoms with Crippen LogP contribution in [0.1, 0.15) is 37.8 Å². The Hall–Kier alpha value is -3.02. The van der Waals surface area contributed by atoms with Gasteiger partial charge in [-0.2, -0.15) is 0 Å². The molecule has 0 saturated heterocycles. The molecule has 1 atom stereocenters. The van der Waals surface area contributed by atoms with E-state index in [0.717, 1.165) is 29.0 Å². The first-order valence-corrected chi connectivity index (χ1v) is 10.3. The molecule has 30 heavy (non-hydrogen) atoms. The molecule has 0 aliphatic heterocycles. The van der Waals surface area contributed by atoms with Crippen LogP contribution in [0.15, 0.2) is 48.5 Å². The van der Waals surface area contributed by atoms with Gasteiger partial charge < -0.3 is 19.7 Å². The molecule has 0 bridgehead atoms. The van der Waals surface area contributed by atoms with E-state index in [2.05, 4.69) is 5.32 Å². The monoisotopic (exact) mass is 412 g/mol. The second-order valence-corrected chi connectivity index (χ2v) is 7.11. The molecule has 0 aromatic heterocycles. The summed E-state index contributed by atoms with van der Waals surface area (Å²) in [6.07, 6.45) is 1.61. The molecule has 0 fully saturated rings. The smallest absolute Gasteiger partial charge is 0.242 e. The molecule has 0 aliphatic rings. The molecular weight excluding hydrogens is 380 g/mol. The summed E-state index contributed by atoms with van der Waals surface area (Å²) in [5.41, 5.74) is 1.82. The van der Waals surface area contributed by atoms with E-state index in [-0.39, 0.29) is 18.2 Å². The van der Waals surface area contributed by atoms with E-state index in [9.17, 15) is 9.59 Å². The number of hydrogen-bond acceptors (Lipinski definition) is 4. The standard InChI is InChI=1S/C24H32N2O4/c1-5-15-25-24(28)22(6-2)26(17-19-9-13-21(30-4)14-10-19)23(27)16-18-7-11-20(29-3)12-8-18/h7-14,22H,5-6,15-17H2,1-4H3,(H,25,28). The summed E-state index contributed by atoms with van der Waals surface area (Å²) in [5, 5.41) is 2.93. The van der Waals surface area contributed by atoms with Crippen molar-refractivity contribution < 1.29 is 19.1 Å². The van der Waals surface area contributed by atoms with Gasteiger partial charge in [0, 0.05) is 13.1 Å². The number of amides is 2. The summed E-state index contributed by atoms with van der Waals surface area (Å²) in [7, 11) is 3.22. The quantitative estimate of drug-likeness (QED) is 0.613. The zero-order valence-electron chi connectivity index (χ0n) is 18.3. The van der Waals surface area contributed by atoms with E-state index < -0.39 is 6.04 Å². The molecule has 0 saturated carbocycles. The SMILES string of the molecule is CCCNC(=O)C(CC)N(Cc1ccc(OC)cc1)C(=O)Cc1ccc(OC)cc1. The van der Waals surface area contributed by atoms with Gasteiger partial charge in [-0.15, -0.1) is 0 Å². The molecule has 0 aliphatic carbocycles. The number of ether oxygens (including phenoxy) is 2. The van der Waals surface area contributed by atoms with Crippen molar-refractivity contribution in [1.82, 2.24) is 10.2 Å². The van der Waals surface area contributed by atoms with Crippen LogP contribution >= 0.6 is 0 Å². The summed E-state index contributed by atoms with van der Waals surface area (Å²) in [5.74, 6) is 1.29. The van der Waals surface area contributed by atoms with Gasteiger partial charge in [-0.25, -0.2) is 0 Å². The largest absolute Gasteiger partial charge is 0.497 e. The lowest BCUT2D eigenvalue weighted by Crippen LogP contribution is -2.49. The second kappa shape index (κ2) is 11.9. The number of hydrogen-bond donors (Lipinski definition) is 1. The van der Waals surface area contributed by atoms with E-state index in [1.165, 1.54) is 0 Å². The minimum atomic E-state index is -0.524. The minimum Gasteiger partial charge on any atom is -0.497 e. The van der Waals surface area contributed by atoms with E-state index in [1.807, 2.05) is 62.4 Å². The highest BCUT2D eigenvalue weighted by Crippen LogP contribution is 2.18. The van der Waals surface area contributed by atoms with E-state index in [1.54, 1.807) is 19.1 Å². The van der Waals surface area contributed by atoms with Crippen LogP contribution in [0.5, 0.6) is 11.5 Å². The van der Waals surface area contributed by atoms with E-state index >= 15 is 0 Å². The molecule has 2 aromatic rings. The van der Waals surface area contributed by atoms with Crippen LogP contribution in [0.3, 0.4) is 0 Å². The maximum Gasteiger partial charge on any atom is 0.242 e. The van der Waals surface area contributed by atoms with Gasteiger partial charge in [0.25, 0.3) is 0 Å². The third kappa shape index (κ3) is 6.51. The molecule has 162 valence electrons. The predicted molar refractivity (Wildman–Crippen MR) is 118 cm³/mol. The summed E-state index contributed by atoms with van der Waals surface area (Å²) in [6, 6.07) is 14.5. The Bertz CT molecular complexity index is 803. The van der Waals surface area contributed by atoms with E-state index in [4.69, 9.17) is 9.47 Å². The van der Waals surface area contributed by atoms with Crippen molar-refractivity contribution in [2.45, 2.75) is 45.7 Å². The Kier molecular flexibility index (Phi) is 9.19. The number of nitrogens with one attached hydrogen (secondary N) is 1. The zero-order chi connectivity index (χ0) is 21.9. The van der Waals surface area contributed by atoms with Crippen molar-refractivity contribution in [3.63, 3.8) is 0 Å². The molecule has 6 heteroatoms. The first-order valence-electron chi connectivity index (χ1n) is 10.3. The number of carbonyl (C=O) groups excluding carboxylic acids is 2. The molecule has 0 heterocycles. The van der Waals surface area contributed by atoms with Gasteiger partial charge in [0.1, 0.15) is 17.5 Å². The minimum absolute atomic E-state index is 0.0884. The third-order valence-corrected chi connectivity index (χ3v) is 4.96. The van der Waals surface area contributed by atoms with Gasteiger partial charge in [-0.05, 0) is 48.2 Å². The summed E-state index contributed by atoms with van der Waals surface area (Å²) in [6.45, 7) is 4.89. The fourth-order valence-electron chi connectivity index (χ4n) is 3.23. The highest BCUT2D eigenvalue weighted by molar-refractivity contribution is 5.88. The number of benzene rings is 2. The van der Waals surface area contributed by atoms with Gasteiger partial charge in [-0.3, -0.25) is 9.59 Å². The average molecular weight is 413 g/mol. The molecule has 0 radical (unpaired) electrons. The van der Waals surface area contributed by atoms with Gasteiger partial charge in [0.2, 0.25) is 11.8 Å². The van der Waals surface area contributed by atoms with Crippen LogP contribution in [0.4, 0.5) is 0 Å². The van der Waals surface area contributed by atoms with E-state index in [0.29, 0.717) is 19.5 Å².